The number of rotatable bonds is 7. The standard InChI is InChI=1S/C23H25N3O5S/c1-5-31-17-8-6-16(7-9-17)25-13-24-23-26(14-25)22(27)20(32-23)12-15-10-18(28-2)21(30-4)19(11-15)29-3/h6-12H,5,13-14H2,1-4H3/b20-12-. The average Bonchev–Trinajstić information content (AvgIpc) is 3.13. The summed E-state index contributed by atoms with van der Waals surface area (Å²) in [7, 11) is 4.68. The zero-order valence-corrected chi connectivity index (χ0v) is 19.3. The van der Waals surface area contributed by atoms with Gasteiger partial charge in [0.05, 0.1) is 32.5 Å². The molecule has 0 atom stereocenters. The Morgan fingerprint density at radius 2 is 1.75 bits per heavy atom. The van der Waals surface area contributed by atoms with Gasteiger partial charge in [0.2, 0.25) is 5.75 Å². The summed E-state index contributed by atoms with van der Waals surface area (Å²) in [4.78, 5) is 20.5. The minimum absolute atomic E-state index is 0.0851. The van der Waals surface area contributed by atoms with Gasteiger partial charge < -0.3 is 23.8 Å². The van der Waals surface area contributed by atoms with Crippen molar-refractivity contribution in [3.8, 4) is 23.0 Å². The Kier molecular flexibility index (Phi) is 6.36. The molecule has 2 heterocycles. The number of fused-ring (bicyclic) bond motifs is 1. The lowest BCUT2D eigenvalue weighted by Crippen LogP contribution is -2.42. The topological polar surface area (TPSA) is 74.5 Å². The van der Waals surface area contributed by atoms with Gasteiger partial charge in [0.25, 0.3) is 5.56 Å². The van der Waals surface area contributed by atoms with Crippen LogP contribution in [0.15, 0.2) is 46.2 Å². The molecule has 8 nitrogen and oxygen atoms in total. The molecule has 168 valence electrons. The summed E-state index contributed by atoms with van der Waals surface area (Å²) in [6.07, 6.45) is 1.82. The molecule has 0 bridgehead atoms. The van der Waals surface area contributed by atoms with Crippen LogP contribution in [0, 0.1) is 0 Å². The molecule has 1 aliphatic rings. The van der Waals surface area contributed by atoms with Crippen LogP contribution in [-0.4, -0.2) is 39.2 Å². The van der Waals surface area contributed by atoms with Crippen molar-refractivity contribution in [2.75, 3.05) is 39.5 Å². The third-order valence-electron chi connectivity index (χ3n) is 5.07. The van der Waals surface area contributed by atoms with Gasteiger partial charge in [-0.15, -0.1) is 0 Å². The molecule has 4 rings (SSSR count). The van der Waals surface area contributed by atoms with Gasteiger partial charge in [0.15, 0.2) is 16.3 Å². The number of benzene rings is 2. The Balaban J connectivity index is 1.67. The molecule has 9 heteroatoms. The second kappa shape index (κ2) is 9.35. The molecule has 0 fully saturated rings. The van der Waals surface area contributed by atoms with Gasteiger partial charge in [-0.2, -0.15) is 0 Å². The van der Waals surface area contributed by atoms with Crippen molar-refractivity contribution in [3.63, 3.8) is 0 Å². The van der Waals surface area contributed by atoms with Crippen LogP contribution in [0.3, 0.4) is 0 Å². The van der Waals surface area contributed by atoms with Crippen LogP contribution < -0.4 is 38.7 Å². The lowest BCUT2D eigenvalue weighted by Gasteiger charge is -2.25. The third kappa shape index (κ3) is 4.16. The van der Waals surface area contributed by atoms with Crippen molar-refractivity contribution in [1.82, 2.24) is 4.57 Å². The van der Waals surface area contributed by atoms with Crippen molar-refractivity contribution in [1.29, 1.82) is 0 Å². The predicted molar refractivity (Wildman–Crippen MR) is 124 cm³/mol. The molecule has 1 aromatic heterocycles. The van der Waals surface area contributed by atoms with E-state index < -0.39 is 0 Å². The largest absolute Gasteiger partial charge is 0.494 e. The minimum Gasteiger partial charge on any atom is -0.494 e. The number of aromatic nitrogens is 1. The average molecular weight is 456 g/mol. The van der Waals surface area contributed by atoms with E-state index in [1.165, 1.54) is 11.3 Å². The van der Waals surface area contributed by atoms with Crippen molar-refractivity contribution in [2.45, 2.75) is 13.6 Å². The maximum atomic E-state index is 13.1. The number of ether oxygens (including phenoxy) is 4. The van der Waals surface area contributed by atoms with Crippen LogP contribution in [0.1, 0.15) is 12.5 Å². The fourth-order valence-electron chi connectivity index (χ4n) is 3.53. The summed E-state index contributed by atoms with van der Waals surface area (Å²) in [5.74, 6) is 2.40. The number of anilines is 1. The monoisotopic (exact) mass is 455 g/mol. The van der Waals surface area contributed by atoms with E-state index >= 15 is 0 Å². The van der Waals surface area contributed by atoms with E-state index in [4.69, 9.17) is 18.9 Å². The van der Waals surface area contributed by atoms with E-state index in [2.05, 4.69) is 4.99 Å². The first-order valence-electron chi connectivity index (χ1n) is 10.1. The zero-order valence-electron chi connectivity index (χ0n) is 18.5. The SMILES string of the molecule is CCOc1ccc(N2CN=c3s/c(=C\c4cc(OC)c(OC)c(OC)c4)c(=O)n3C2)cc1. The highest BCUT2D eigenvalue weighted by molar-refractivity contribution is 7.07. The molecule has 0 N–H and O–H groups in total. The van der Waals surface area contributed by atoms with Gasteiger partial charge in [-0.05, 0) is 55.0 Å². The Morgan fingerprint density at radius 3 is 2.34 bits per heavy atom. The Hall–Kier alpha value is -3.46. The molecule has 3 aromatic rings. The summed E-state index contributed by atoms with van der Waals surface area (Å²) in [5.41, 5.74) is 1.67. The molecule has 1 aliphatic heterocycles. The number of methoxy groups -OCH3 is 3. The van der Waals surface area contributed by atoms with E-state index in [0.717, 1.165) is 17.0 Å². The molecule has 0 spiro atoms. The first kappa shape index (κ1) is 21.8. The lowest BCUT2D eigenvalue weighted by molar-refractivity contribution is 0.324. The maximum Gasteiger partial charge on any atom is 0.271 e. The zero-order chi connectivity index (χ0) is 22.7. The Bertz CT molecular complexity index is 1260. The first-order valence-corrected chi connectivity index (χ1v) is 10.9. The maximum absolute atomic E-state index is 13.1. The van der Waals surface area contributed by atoms with Gasteiger partial charge in [-0.3, -0.25) is 9.36 Å². The van der Waals surface area contributed by atoms with Crippen molar-refractivity contribution in [3.05, 3.63) is 61.6 Å². The summed E-state index contributed by atoms with van der Waals surface area (Å²) in [6, 6.07) is 11.4. The molecule has 0 amide bonds. The highest BCUT2D eigenvalue weighted by Gasteiger charge is 2.17. The number of hydrogen-bond acceptors (Lipinski definition) is 8. The molecule has 2 aromatic carbocycles. The second-order valence-electron chi connectivity index (χ2n) is 6.99. The smallest absolute Gasteiger partial charge is 0.271 e. The van der Waals surface area contributed by atoms with E-state index in [9.17, 15) is 4.79 Å². The lowest BCUT2D eigenvalue weighted by atomic mass is 10.1. The van der Waals surface area contributed by atoms with Crippen LogP contribution in [0.2, 0.25) is 0 Å². The first-order chi connectivity index (χ1) is 15.6. The molecule has 0 saturated carbocycles. The van der Waals surface area contributed by atoms with Crippen LogP contribution in [0.5, 0.6) is 23.0 Å². The van der Waals surface area contributed by atoms with E-state index in [-0.39, 0.29) is 5.56 Å². The van der Waals surface area contributed by atoms with E-state index in [0.29, 0.717) is 46.5 Å². The summed E-state index contributed by atoms with van der Waals surface area (Å²) in [5, 5.41) is 0. The summed E-state index contributed by atoms with van der Waals surface area (Å²) < 4.78 is 24.0. The molecule has 32 heavy (non-hydrogen) atoms. The fourth-order valence-corrected chi connectivity index (χ4v) is 4.49. The predicted octanol–water partition coefficient (Wildman–Crippen LogP) is 2.22. The molecular weight excluding hydrogens is 430 g/mol. The Morgan fingerprint density at radius 1 is 1.06 bits per heavy atom. The molecule has 0 radical (unpaired) electrons. The summed E-state index contributed by atoms with van der Waals surface area (Å²) in [6.45, 7) is 3.49. The third-order valence-corrected chi connectivity index (χ3v) is 6.12. The Labute approximate surface area is 189 Å². The molecular formula is C23H25N3O5S. The molecule has 0 aliphatic carbocycles. The summed E-state index contributed by atoms with van der Waals surface area (Å²) >= 11 is 1.37. The van der Waals surface area contributed by atoms with Crippen molar-refractivity contribution >= 4 is 23.1 Å². The quantitative estimate of drug-likeness (QED) is 0.544. The normalized spacial score (nSPS) is 13.4. The second-order valence-corrected chi connectivity index (χ2v) is 8.00. The van der Waals surface area contributed by atoms with Crippen molar-refractivity contribution in [2.24, 2.45) is 4.99 Å². The van der Waals surface area contributed by atoms with E-state index in [1.54, 1.807) is 25.9 Å². The van der Waals surface area contributed by atoms with Crippen molar-refractivity contribution < 1.29 is 18.9 Å². The van der Waals surface area contributed by atoms with Gasteiger partial charge in [0, 0.05) is 5.69 Å². The van der Waals surface area contributed by atoms with Crippen LogP contribution in [0.25, 0.3) is 6.08 Å². The van der Waals surface area contributed by atoms with Gasteiger partial charge in [-0.25, -0.2) is 4.99 Å². The minimum atomic E-state index is -0.0851. The molecule has 0 unspecified atom stereocenters. The highest BCUT2D eigenvalue weighted by Crippen LogP contribution is 2.38. The van der Waals surface area contributed by atoms with Crippen LogP contribution in [-0.2, 0) is 6.67 Å². The van der Waals surface area contributed by atoms with E-state index in [1.807, 2.05) is 54.3 Å². The highest BCUT2D eigenvalue weighted by atomic mass is 32.1. The number of thiazole rings is 1. The van der Waals surface area contributed by atoms with Gasteiger partial charge >= 0.3 is 0 Å². The number of hydrogen-bond donors (Lipinski definition) is 0. The number of nitrogens with zero attached hydrogens (tertiary/aromatic N) is 3. The molecule has 0 saturated heterocycles. The van der Waals surface area contributed by atoms with Gasteiger partial charge in [0.1, 0.15) is 19.1 Å². The van der Waals surface area contributed by atoms with Gasteiger partial charge in [-0.1, -0.05) is 11.3 Å². The fraction of sp³-hybridized carbons (Fsp3) is 0.304. The van der Waals surface area contributed by atoms with Crippen LogP contribution >= 0.6 is 11.3 Å². The van der Waals surface area contributed by atoms with Crippen LogP contribution in [0.4, 0.5) is 5.69 Å².